The molecule has 268 valence electrons. The zero-order chi connectivity index (χ0) is 37.6. The van der Waals surface area contributed by atoms with Gasteiger partial charge in [-0.2, -0.15) is 0 Å². The van der Waals surface area contributed by atoms with Gasteiger partial charge in [0.2, 0.25) is 0 Å². The molecule has 7 nitrogen and oxygen atoms in total. The molecule has 4 N–H and O–H groups in total. The molecule has 0 saturated carbocycles. The quantitative estimate of drug-likeness (QED) is 0.0817. The van der Waals surface area contributed by atoms with Crippen molar-refractivity contribution in [1.29, 1.82) is 0 Å². The van der Waals surface area contributed by atoms with Gasteiger partial charge in [0.25, 0.3) is 6.47 Å². The first kappa shape index (κ1) is 35.3. The van der Waals surface area contributed by atoms with Crippen molar-refractivity contribution in [3.05, 3.63) is 154 Å². The Morgan fingerprint density at radius 2 is 1.09 bits per heavy atom. The van der Waals surface area contributed by atoms with E-state index in [1.165, 1.54) is 0 Å². The van der Waals surface area contributed by atoms with E-state index < -0.39 is 59.2 Å². The van der Waals surface area contributed by atoms with Crippen molar-refractivity contribution in [2.75, 3.05) is 0 Å². The van der Waals surface area contributed by atoms with E-state index in [0.29, 0.717) is 54.4 Å². The maximum absolute atomic E-state index is 14.1. The highest BCUT2D eigenvalue weighted by molar-refractivity contribution is 5.91. The SMILES string of the molecule is N[C@H]1Cc2c(ccc3cc(OC=O)ccc23)O[C@@H]1c1cc(F)c(F)cc1F.[C-]#[N+]c1ccc2c3c(ccc2c1)O[C@H](c1cc(F)c(F)cc1F)[C@@H](N)C3. The van der Waals surface area contributed by atoms with Gasteiger partial charge < -0.3 is 25.7 Å². The maximum atomic E-state index is 14.1. The van der Waals surface area contributed by atoms with Crippen molar-refractivity contribution in [3.63, 3.8) is 0 Å². The lowest BCUT2D eigenvalue weighted by atomic mass is 9.90. The van der Waals surface area contributed by atoms with E-state index in [0.717, 1.165) is 44.8 Å². The summed E-state index contributed by atoms with van der Waals surface area (Å²) < 4.78 is 98.4. The van der Waals surface area contributed by atoms with Crippen molar-refractivity contribution < 1.29 is 45.3 Å². The van der Waals surface area contributed by atoms with Crippen LogP contribution in [0.1, 0.15) is 34.5 Å². The van der Waals surface area contributed by atoms with Crippen LogP contribution in [0.5, 0.6) is 17.2 Å². The Morgan fingerprint density at radius 1 is 0.623 bits per heavy atom. The lowest BCUT2D eigenvalue weighted by molar-refractivity contribution is -0.120. The number of fused-ring (bicyclic) bond motifs is 6. The molecule has 4 atom stereocenters. The molecule has 8 rings (SSSR count). The van der Waals surface area contributed by atoms with Gasteiger partial charge in [-0.1, -0.05) is 30.3 Å². The van der Waals surface area contributed by atoms with E-state index in [4.69, 9.17) is 32.3 Å². The number of benzene rings is 6. The molecule has 2 aliphatic heterocycles. The normalized spacial score (nSPS) is 18.8. The third kappa shape index (κ3) is 6.70. The fourth-order valence-electron chi connectivity index (χ4n) is 6.79. The zero-order valence-corrected chi connectivity index (χ0v) is 27.4. The number of nitrogens with two attached hydrogens (primary N) is 2. The standard InChI is InChI=1S/C20H13F3N2O.C20H14F3NO3/c1-25-11-3-4-12-10(6-11)2-5-19-13(12)8-18(24)20(26-19)14-7-16(22)17(23)9-15(14)21;21-15-8-17(23)16(22)6-14(15)20-18(24)7-13-12-3-2-11(26-9-25)5-10(12)1-4-19(13)27-20/h2-7,9,18,20H,8,24H2;1-6,8-9,18,20H,7,24H2/t2*18-,20+/m00/s1. The third-order valence-electron chi connectivity index (χ3n) is 9.30. The second kappa shape index (κ2) is 14.1. The molecule has 6 aromatic carbocycles. The van der Waals surface area contributed by atoms with Crippen LogP contribution in [-0.4, -0.2) is 18.6 Å². The van der Waals surface area contributed by atoms with Gasteiger partial charge in [0.1, 0.15) is 41.1 Å². The summed E-state index contributed by atoms with van der Waals surface area (Å²) in [5.41, 5.74) is 14.3. The Morgan fingerprint density at radius 3 is 1.58 bits per heavy atom. The first-order valence-corrected chi connectivity index (χ1v) is 16.2. The predicted molar refractivity (Wildman–Crippen MR) is 184 cm³/mol. The van der Waals surface area contributed by atoms with E-state index in [2.05, 4.69) is 4.85 Å². The monoisotopic (exact) mass is 727 g/mol. The Labute approximate surface area is 298 Å². The average Bonchev–Trinajstić information content (AvgIpc) is 3.14. The van der Waals surface area contributed by atoms with Gasteiger partial charge in [-0.25, -0.2) is 31.2 Å². The van der Waals surface area contributed by atoms with Gasteiger partial charge >= 0.3 is 0 Å². The number of carbonyl (C=O) groups is 1. The topological polar surface area (TPSA) is 101 Å². The average molecular weight is 728 g/mol. The summed E-state index contributed by atoms with van der Waals surface area (Å²) in [6.45, 7) is 7.45. The summed E-state index contributed by atoms with van der Waals surface area (Å²) in [6, 6.07) is 18.7. The Balaban J connectivity index is 0.000000164. The number of hydrogen-bond donors (Lipinski definition) is 2. The molecule has 0 bridgehead atoms. The van der Waals surface area contributed by atoms with Crippen molar-refractivity contribution in [1.82, 2.24) is 0 Å². The summed E-state index contributed by atoms with van der Waals surface area (Å²) in [5.74, 6) is -5.21. The van der Waals surface area contributed by atoms with E-state index in [1.807, 2.05) is 6.07 Å². The van der Waals surface area contributed by atoms with Crippen LogP contribution in [0.25, 0.3) is 26.4 Å². The number of ether oxygens (including phenoxy) is 3. The van der Waals surface area contributed by atoms with Gasteiger partial charge in [-0.3, -0.25) is 4.79 Å². The van der Waals surface area contributed by atoms with E-state index in [-0.39, 0.29) is 11.1 Å². The van der Waals surface area contributed by atoms with E-state index in [9.17, 15) is 31.1 Å². The Bertz CT molecular complexity index is 2470. The van der Waals surface area contributed by atoms with Gasteiger partial charge in [0.05, 0.1) is 18.7 Å². The highest BCUT2D eigenvalue weighted by Gasteiger charge is 2.34. The minimum atomic E-state index is -1.26. The lowest BCUT2D eigenvalue weighted by Crippen LogP contribution is -2.38. The molecule has 0 aliphatic carbocycles. The minimum Gasteiger partial charge on any atom is -0.484 e. The summed E-state index contributed by atoms with van der Waals surface area (Å²) >= 11 is 0. The number of carbonyl (C=O) groups excluding carboxylic acids is 1. The molecule has 6 aromatic rings. The minimum absolute atomic E-state index is 0.106. The molecular formula is C40H27F6N3O4. The predicted octanol–water partition coefficient (Wildman–Crippen LogP) is 8.61. The third-order valence-corrected chi connectivity index (χ3v) is 9.30. The number of hydrogen-bond acceptors (Lipinski definition) is 6. The summed E-state index contributed by atoms with van der Waals surface area (Å²) in [4.78, 5) is 13.9. The summed E-state index contributed by atoms with van der Waals surface area (Å²) in [5, 5.41) is 3.45. The van der Waals surface area contributed by atoms with Crippen LogP contribution < -0.4 is 25.7 Å². The van der Waals surface area contributed by atoms with Crippen LogP contribution in [-0.2, 0) is 17.6 Å². The highest BCUT2D eigenvalue weighted by Crippen LogP contribution is 2.41. The Hall–Kier alpha value is -6.10. The first-order valence-electron chi connectivity index (χ1n) is 16.2. The fourth-order valence-corrected chi connectivity index (χ4v) is 6.79. The molecular weight excluding hydrogens is 700 g/mol. The van der Waals surface area contributed by atoms with E-state index in [1.54, 1.807) is 54.6 Å². The highest BCUT2D eigenvalue weighted by atomic mass is 19.2. The number of nitrogens with zero attached hydrogens (tertiary/aromatic N) is 1. The maximum Gasteiger partial charge on any atom is 0.298 e. The molecule has 53 heavy (non-hydrogen) atoms. The van der Waals surface area contributed by atoms with Crippen LogP contribution in [0, 0.1) is 41.5 Å². The molecule has 0 radical (unpaired) electrons. The Kier molecular flexibility index (Phi) is 9.42. The smallest absolute Gasteiger partial charge is 0.298 e. The van der Waals surface area contributed by atoms with Crippen molar-refractivity contribution >= 4 is 33.7 Å². The molecule has 0 spiro atoms. The van der Waals surface area contributed by atoms with Crippen LogP contribution in [0.4, 0.5) is 32.0 Å². The van der Waals surface area contributed by atoms with Crippen LogP contribution in [0.15, 0.2) is 84.9 Å². The summed E-state index contributed by atoms with van der Waals surface area (Å²) in [7, 11) is 0. The van der Waals surface area contributed by atoms with Crippen molar-refractivity contribution in [2.24, 2.45) is 11.5 Å². The molecule has 0 aromatic heterocycles. The molecule has 0 amide bonds. The second-order valence-corrected chi connectivity index (χ2v) is 12.6. The van der Waals surface area contributed by atoms with Crippen molar-refractivity contribution in [2.45, 2.75) is 37.1 Å². The van der Waals surface area contributed by atoms with Gasteiger partial charge in [-0.05, 0) is 76.9 Å². The van der Waals surface area contributed by atoms with Gasteiger partial charge in [-0.15, -0.1) is 0 Å². The number of rotatable bonds is 4. The lowest BCUT2D eigenvalue weighted by Gasteiger charge is -2.32. The fraction of sp³-hybridized carbons (Fsp3) is 0.150. The van der Waals surface area contributed by atoms with Crippen LogP contribution in [0.3, 0.4) is 0 Å². The molecule has 13 heteroatoms. The van der Waals surface area contributed by atoms with Crippen LogP contribution >= 0.6 is 0 Å². The summed E-state index contributed by atoms with van der Waals surface area (Å²) in [6.07, 6.45) is -1.13. The number of halogens is 6. The van der Waals surface area contributed by atoms with E-state index >= 15 is 0 Å². The molecule has 0 saturated heterocycles. The second-order valence-electron chi connectivity index (χ2n) is 12.6. The molecule has 2 heterocycles. The van der Waals surface area contributed by atoms with Crippen LogP contribution in [0.2, 0.25) is 0 Å². The molecule has 0 fully saturated rings. The van der Waals surface area contributed by atoms with Gasteiger partial charge in [0.15, 0.2) is 29.0 Å². The first-order chi connectivity index (χ1) is 25.4. The van der Waals surface area contributed by atoms with Crippen molar-refractivity contribution in [3.8, 4) is 17.2 Å². The largest absolute Gasteiger partial charge is 0.484 e. The zero-order valence-electron chi connectivity index (χ0n) is 27.4. The molecule has 0 unspecified atom stereocenters. The molecule has 2 aliphatic rings. The van der Waals surface area contributed by atoms with Gasteiger partial charge in [0, 0.05) is 34.4 Å².